The number of amides is 2. The van der Waals surface area contributed by atoms with E-state index in [9.17, 15) is 19.5 Å². The van der Waals surface area contributed by atoms with Crippen molar-refractivity contribution in [3.05, 3.63) is 69.6 Å². The van der Waals surface area contributed by atoms with Gasteiger partial charge in [-0.15, -0.1) is 0 Å². The standard InChI is InChI=1S/C20H20N4O4/c1-11(2)24-20(28)14-7-5-4-6-13(14)17(23-24)19(27)22-21-18(26)15-9-8-12(3)10-16(15)25/h4-11,25H,1-3H3,(H,21,26)(H,22,27). The van der Waals surface area contributed by atoms with Crippen LogP contribution in [0.1, 0.15) is 46.3 Å². The van der Waals surface area contributed by atoms with Crippen LogP contribution in [0.25, 0.3) is 10.8 Å². The fourth-order valence-corrected chi connectivity index (χ4v) is 2.80. The normalized spacial score (nSPS) is 10.9. The summed E-state index contributed by atoms with van der Waals surface area (Å²) in [4.78, 5) is 37.4. The van der Waals surface area contributed by atoms with E-state index in [1.54, 1.807) is 51.1 Å². The summed E-state index contributed by atoms with van der Waals surface area (Å²) >= 11 is 0. The minimum Gasteiger partial charge on any atom is -0.507 e. The molecule has 8 nitrogen and oxygen atoms in total. The molecule has 0 aliphatic heterocycles. The number of benzene rings is 2. The van der Waals surface area contributed by atoms with Crippen LogP contribution in [0, 0.1) is 6.92 Å². The number of hydrogen-bond acceptors (Lipinski definition) is 5. The first-order valence-electron chi connectivity index (χ1n) is 8.71. The van der Waals surface area contributed by atoms with Gasteiger partial charge in [0.05, 0.1) is 17.0 Å². The van der Waals surface area contributed by atoms with Gasteiger partial charge in [0, 0.05) is 5.39 Å². The summed E-state index contributed by atoms with van der Waals surface area (Å²) in [6, 6.07) is 11.0. The summed E-state index contributed by atoms with van der Waals surface area (Å²) in [7, 11) is 0. The number of nitrogens with zero attached hydrogens (tertiary/aromatic N) is 2. The van der Waals surface area contributed by atoms with Crippen LogP contribution >= 0.6 is 0 Å². The second kappa shape index (κ2) is 7.51. The zero-order valence-electron chi connectivity index (χ0n) is 15.7. The van der Waals surface area contributed by atoms with E-state index < -0.39 is 11.8 Å². The van der Waals surface area contributed by atoms with E-state index in [2.05, 4.69) is 16.0 Å². The molecule has 2 aromatic carbocycles. The summed E-state index contributed by atoms with van der Waals surface area (Å²) in [6.45, 7) is 5.35. The van der Waals surface area contributed by atoms with Gasteiger partial charge in [-0.25, -0.2) is 4.68 Å². The number of aromatic hydroxyl groups is 1. The molecule has 2 amide bonds. The van der Waals surface area contributed by atoms with Gasteiger partial charge in [-0.1, -0.05) is 24.3 Å². The Morgan fingerprint density at radius 3 is 2.32 bits per heavy atom. The Bertz CT molecular complexity index is 1130. The number of carbonyl (C=O) groups is 2. The van der Waals surface area contributed by atoms with Crippen molar-refractivity contribution in [1.29, 1.82) is 0 Å². The van der Waals surface area contributed by atoms with Gasteiger partial charge in [-0.05, 0) is 44.5 Å². The van der Waals surface area contributed by atoms with Crippen molar-refractivity contribution < 1.29 is 14.7 Å². The maximum absolute atomic E-state index is 12.7. The molecule has 0 radical (unpaired) electrons. The third-order valence-corrected chi connectivity index (χ3v) is 4.22. The van der Waals surface area contributed by atoms with Crippen molar-refractivity contribution in [3.63, 3.8) is 0 Å². The molecule has 0 saturated heterocycles. The first-order valence-corrected chi connectivity index (χ1v) is 8.71. The number of hydrazine groups is 1. The largest absolute Gasteiger partial charge is 0.507 e. The second-order valence-electron chi connectivity index (χ2n) is 6.67. The molecule has 0 atom stereocenters. The minimum atomic E-state index is -0.675. The van der Waals surface area contributed by atoms with Gasteiger partial charge < -0.3 is 5.11 Å². The number of nitrogens with one attached hydrogen (secondary N) is 2. The number of rotatable bonds is 3. The van der Waals surface area contributed by atoms with Crippen molar-refractivity contribution in [2.75, 3.05) is 0 Å². The smallest absolute Gasteiger partial charge is 0.290 e. The van der Waals surface area contributed by atoms with Crippen molar-refractivity contribution in [3.8, 4) is 5.75 Å². The lowest BCUT2D eigenvalue weighted by molar-refractivity contribution is 0.0842. The quantitative estimate of drug-likeness (QED) is 0.602. The first kappa shape index (κ1) is 19.1. The molecule has 8 heteroatoms. The number of aryl methyl sites for hydroxylation is 1. The number of hydrogen-bond donors (Lipinski definition) is 3. The first-order chi connectivity index (χ1) is 13.3. The molecule has 0 fully saturated rings. The van der Waals surface area contributed by atoms with Crippen LogP contribution in [-0.2, 0) is 0 Å². The molecular weight excluding hydrogens is 360 g/mol. The van der Waals surface area contributed by atoms with Gasteiger partial charge in [0.15, 0.2) is 5.69 Å². The van der Waals surface area contributed by atoms with E-state index in [0.29, 0.717) is 10.8 Å². The summed E-state index contributed by atoms with van der Waals surface area (Å²) in [5.74, 6) is -1.54. The van der Waals surface area contributed by atoms with Gasteiger partial charge in [-0.2, -0.15) is 5.10 Å². The Labute approximate surface area is 160 Å². The minimum absolute atomic E-state index is 0.0114. The molecule has 1 aromatic heterocycles. The Hall–Kier alpha value is -3.68. The van der Waals surface area contributed by atoms with Crippen LogP contribution in [0.4, 0.5) is 0 Å². The molecule has 0 aliphatic rings. The van der Waals surface area contributed by atoms with E-state index in [1.165, 1.54) is 16.8 Å². The highest BCUT2D eigenvalue weighted by Gasteiger charge is 2.19. The van der Waals surface area contributed by atoms with Crippen molar-refractivity contribution in [2.45, 2.75) is 26.8 Å². The summed E-state index contributed by atoms with van der Waals surface area (Å²) in [6.07, 6.45) is 0. The predicted octanol–water partition coefficient (Wildman–Crippen LogP) is 2.07. The SMILES string of the molecule is Cc1ccc(C(=O)NNC(=O)c2nn(C(C)C)c(=O)c3ccccc23)c(O)c1. The van der Waals surface area contributed by atoms with E-state index in [0.717, 1.165) is 5.56 Å². The summed E-state index contributed by atoms with van der Waals surface area (Å²) in [5.41, 5.74) is 5.08. The van der Waals surface area contributed by atoms with Gasteiger partial charge in [0.1, 0.15) is 5.75 Å². The Morgan fingerprint density at radius 1 is 1.04 bits per heavy atom. The molecule has 0 unspecified atom stereocenters. The van der Waals surface area contributed by atoms with Crippen LogP contribution in [0.15, 0.2) is 47.3 Å². The molecule has 28 heavy (non-hydrogen) atoms. The lowest BCUT2D eigenvalue weighted by atomic mass is 10.1. The molecule has 0 aliphatic carbocycles. The monoisotopic (exact) mass is 380 g/mol. The molecule has 3 aromatic rings. The third kappa shape index (κ3) is 3.57. The Morgan fingerprint density at radius 2 is 1.68 bits per heavy atom. The van der Waals surface area contributed by atoms with Crippen molar-refractivity contribution in [2.24, 2.45) is 0 Å². The lowest BCUT2D eigenvalue weighted by Crippen LogP contribution is -2.43. The van der Waals surface area contributed by atoms with E-state index >= 15 is 0 Å². The molecule has 3 N–H and O–H groups in total. The number of carbonyl (C=O) groups excluding carboxylic acids is 2. The maximum atomic E-state index is 12.7. The Balaban J connectivity index is 1.90. The van der Waals surface area contributed by atoms with Crippen LogP contribution < -0.4 is 16.4 Å². The van der Waals surface area contributed by atoms with Gasteiger partial charge in [0.25, 0.3) is 17.4 Å². The molecule has 144 valence electrons. The fourth-order valence-electron chi connectivity index (χ4n) is 2.80. The average Bonchev–Trinajstić information content (AvgIpc) is 2.66. The number of phenolic OH excluding ortho intramolecular Hbond substituents is 1. The Kier molecular flexibility index (Phi) is 5.12. The molecule has 0 spiro atoms. The highest BCUT2D eigenvalue weighted by molar-refractivity contribution is 6.06. The molecule has 1 heterocycles. The third-order valence-electron chi connectivity index (χ3n) is 4.22. The van der Waals surface area contributed by atoms with E-state index in [-0.39, 0.29) is 28.6 Å². The molecule has 3 rings (SSSR count). The highest BCUT2D eigenvalue weighted by atomic mass is 16.3. The molecule has 0 bridgehead atoms. The van der Waals surface area contributed by atoms with Crippen molar-refractivity contribution >= 4 is 22.6 Å². The predicted molar refractivity (Wildman–Crippen MR) is 104 cm³/mol. The van der Waals surface area contributed by atoms with Gasteiger partial charge >= 0.3 is 0 Å². The number of fused-ring (bicyclic) bond motifs is 1. The van der Waals surface area contributed by atoms with Crippen LogP contribution in [0.2, 0.25) is 0 Å². The van der Waals surface area contributed by atoms with Gasteiger partial charge in [0.2, 0.25) is 0 Å². The van der Waals surface area contributed by atoms with Crippen LogP contribution in [-0.4, -0.2) is 26.7 Å². The fraction of sp³-hybridized carbons (Fsp3) is 0.200. The zero-order chi connectivity index (χ0) is 20.4. The maximum Gasteiger partial charge on any atom is 0.290 e. The second-order valence-corrected chi connectivity index (χ2v) is 6.67. The zero-order valence-corrected chi connectivity index (χ0v) is 15.7. The highest BCUT2D eigenvalue weighted by Crippen LogP contribution is 2.18. The van der Waals surface area contributed by atoms with Crippen LogP contribution in [0.5, 0.6) is 5.75 Å². The van der Waals surface area contributed by atoms with Crippen molar-refractivity contribution in [1.82, 2.24) is 20.6 Å². The average molecular weight is 380 g/mol. The van der Waals surface area contributed by atoms with E-state index in [4.69, 9.17) is 0 Å². The van der Waals surface area contributed by atoms with Crippen LogP contribution in [0.3, 0.4) is 0 Å². The molecular formula is C20H20N4O4. The topological polar surface area (TPSA) is 113 Å². The summed E-state index contributed by atoms with van der Waals surface area (Å²) < 4.78 is 1.23. The number of aromatic nitrogens is 2. The molecule has 0 saturated carbocycles. The van der Waals surface area contributed by atoms with E-state index in [1.807, 2.05) is 0 Å². The summed E-state index contributed by atoms with van der Waals surface area (Å²) in [5, 5.41) is 14.8. The lowest BCUT2D eigenvalue weighted by Gasteiger charge is -2.14. The number of phenols is 1. The van der Waals surface area contributed by atoms with Gasteiger partial charge in [-0.3, -0.25) is 25.2 Å².